The Hall–Kier alpha value is -2.67. The van der Waals surface area contributed by atoms with E-state index >= 15 is 0 Å². The molecule has 21 heavy (non-hydrogen) atoms. The fourth-order valence-electron chi connectivity index (χ4n) is 1.49. The summed E-state index contributed by atoms with van der Waals surface area (Å²) in [6.45, 7) is 0. The molecule has 108 valence electrons. The van der Waals surface area contributed by atoms with Crippen LogP contribution in [0.2, 0.25) is 5.02 Å². The van der Waals surface area contributed by atoms with Crippen LogP contribution in [0, 0.1) is 5.82 Å². The molecule has 2 amide bonds. The molecule has 1 heterocycles. The van der Waals surface area contributed by atoms with Gasteiger partial charge in [0, 0.05) is 0 Å². The minimum atomic E-state index is -1.18. The van der Waals surface area contributed by atoms with Gasteiger partial charge in [0.15, 0.2) is 0 Å². The zero-order valence-corrected chi connectivity index (χ0v) is 11.2. The molecule has 0 bridgehead atoms. The number of benzene rings is 1. The summed E-state index contributed by atoms with van der Waals surface area (Å²) >= 11 is 5.77. The average molecular weight is 310 g/mol. The van der Waals surface area contributed by atoms with E-state index in [1.807, 2.05) is 0 Å². The van der Waals surface area contributed by atoms with Crippen LogP contribution in [0.5, 0.6) is 0 Å². The van der Waals surface area contributed by atoms with Crippen LogP contribution in [0.4, 0.5) is 20.6 Å². The van der Waals surface area contributed by atoms with Crippen LogP contribution < -0.4 is 10.6 Å². The number of aromatic carboxylic acids is 1. The van der Waals surface area contributed by atoms with Crippen molar-refractivity contribution in [2.45, 2.75) is 0 Å². The second kappa shape index (κ2) is 6.19. The molecule has 0 radical (unpaired) electrons. The Morgan fingerprint density at radius 1 is 1.19 bits per heavy atom. The lowest BCUT2D eigenvalue weighted by Crippen LogP contribution is -2.20. The van der Waals surface area contributed by atoms with E-state index in [4.69, 9.17) is 16.7 Å². The van der Waals surface area contributed by atoms with Crippen molar-refractivity contribution in [3.8, 4) is 0 Å². The molecule has 0 atom stereocenters. The number of para-hydroxylation sites is 1. The number of rotatable bonds is 3. The van der Waals surface area contributed by atoms with Crippen molar-refractivity contribution in [3.05, 3.63) is 53.1 Å². The molecule has 2 aromatic rings. The Morgan fingerprint density at radius 3 is 2.52 bits per heavy atom. The Bertz CT molecular complexity index is 671. The Balaban J connectivity index is 2.06. The molecule has 0 saturated carbocycles. The first-order valence-corrected chi connectivity index (χ1v) is 6.06. The molecule has 0 spiro atoms. The summed E-state index contributed by atoms with van der Waals surface area (Å²) in [5.74, 6) is -1.85. The minimum absolute atomic E-state index is 0.0597. The predicted molar refractivity (Wildman–Crippen MR) is 75.2 cm³/mol. The van der Waals surface area contributed by atoms with E-state index < -0.39 is 17.8 Å². The van der Waals surface area contributed by atoms with E-state index in [1.54, 1.807) is 0 Å². The van der Waals surface area contributed by atoms with Crippen LogP contribution in [-0.2, 0) is 0 Å². The SMILES string of the molecule is O=C(Nc1ccc(C(=O)O)nc1)Nc1c(F)cccc1Cl. The number of amides is 2. The quantitative estimate of drug-likeness (QED) is 0.812. The number of halogens is 2. The first kappa shape index (κ1) is 14.7. The van der Waals surface area contributed by atoms with Gasteiger partial charge in [0.1, 0.15) is 11.5 Å². The van der Waals surface area contributed by atoms with Crippen LogP contribution >= 0.6 is 11.6 Å². The third kappa shape index (κ3) is 3.67. The van der Waals surface area contributed by atoms with Gasteiger partial charge in [0.25, 0.3) is 0 Å². The number of nitrogens with zero attached hydrogens (tertiary/aromatic N) is 1. The molecule has 1 aromatic heterocycles. The van der Waals surface area contributed by atoms with Crippen molar-refractivity contribution in [3.63, 3.8) is 0 Å². The molecule has 0 fully saturated rings. The van der Waals surface area contributed by atoms with Gasteiger partial charge >= 0.3 is 12.0 Å². The highest BCUT2D eigenvalue weighted by atomic mass is 35.5. The van der Waals surface area contributed by atoms with Crippen molar-refractivity contribution in [2.75, 3.05) is 10.6 Å². The molecule has 0 saturated heterocycles. The molecule has 1 aromatic carbocycles. The lowest BCUT2D eigenvalue weighted by atomic mass is 10.3. The number of carboxylic acids is 1. The summed E-state index contributed by atoms with van der Waals surface area (Å²) in [5.41, 5.74) is -0.0464. The molecular formula is C13H9ClFN3O3. The van der Waals surface area contributed by atoms with Crippen LogP contribution in [0.15, 0.2) is 36.5 Å². The summed E-state index contributed by atoms with van der Waals surface area (Å²) < 4.78 is 13.5. The minimum Gasteiger partial charge on any atom is -0.477 e. The smallest absolute Gasteiger partial charge is 0.354 e. The first-order valence-electron chi connectivity index (χ1n) is 5.69. The van der Waals surface area contributed by atoms with E-state index in [2.05, 4.69) is 15.6 Å². The number of carboxylic acid groups (broad SMARTS) is 1. The standard InChI is InChI=1S/C13H9ClFN3O3/c14-8-2-1-3-9(15)11(8)18-13(21)17-7-4-5-10(12(19)20)16-6-7/h1-6H,(H,19,20)(H2,17,18,21). The zero-order valence-electron chi connectivity index (χ0n) is 10.4. The van der Waals surface area contributed by atoms with Crippen molar-refractivity contribution >= 4 is 35.0 Å². The highest BCUT2D eigenvalue weighted by Crippen LogP contribution is 2.24. The van der Waals surface area contributed by atoms with Gasteiger partial charge in [-0.2, -0.15) is 0 Å². The molecular weight excluding hydrogens is 301 g/mol. The van der Waals surface area contributed by atoms with Gasteiger partial charge in [0.05, 0.1) is 22.6 Å². The maximum atomic E-state index is 13.5. The van der Waals surface area contributed by atoms with Crippen molar-refractivity contribution in [1.29, 1.82) is 0 Å². The van der Waals surface area contributed by atoms with Crippen molar-refractivity contribution < 1.29 is 19.1 Å². The van der Waals surface area contributed by atoms with E-state index in [0.717, 1.165) is 6.07 Å². The van der Waals surface area contributed by atoms with Gasteiger partial charge in [-0.1, -0.05) is 17.7 Å². The summed E-state index contributed by atoms with van der Waals surface area (Å²) in [6.07, 6.45) is 1.17. The Labute approximate surface area is 123 Å². The number of nitrogens with one attached hydrogen (secondary N) is 2. The van der Waals surface area contributed by atoms with E-state index in [-0.39, 0.29) is 22.1 Å². The van der Waals surface area contributed by atoms with Crippen LogP contribution in [0.1, 0.15) is 10.5 Å². The lowest BCUT2D eigenvalue weighted by Gasteiger charge is -2.09. The van der Waals surface area contributed by atoms with Gasteiger partial charge in [-0.3, -0.25) is 0 Å². The first-order chi connectivity index (χ1) is 9.97. The second-order valence-corrected chi connectivity index (χ2v) is 4.32. The monoisotopic (exact) mass is 309 g/mol. The van der Waals surface area contributed by atoms with Gasteiger partial charge in [-0.05, 0) is 24.3 Å². The number of aromatic nitrogens is 1. The van der Waals surface area contributed by atoms with E-state index in [1.165, 1.54) is 30.5 Å². The maximum absolute atomic E-state index is 13.5. The average Bonchev–Trinajstić information content (AvgIpc) is 2.43. The largest absolute Gasteiger partial charge is 0.477 e. The number of urea groups is 1. The van der Waals surface area contributed by atoms with Crippen LogP contribution in [-0.4, -0.2) is 22.1 Å². The van der Waals surface area contributed by atoms with Crippen LogP contribution in [0.3, 0.4) is 0 Å². The normalized spacial score (nSPS) is 10.0. The molecule has 0 aliphatic carbocycles. The predicted octanol–water partition coefficient (Wildman–Crippen LogP) is 3.22. The molecule has 0 aliphatic heterocycles. The summed E-state index contributed by atoms with van der Waals surface area (Å²) in [4.78, 5) is 26.0. The molecule has 6 nitrogen and oxygen atoms in total. The fraction of sp³-hybridized carbons (Fsp3) is 0. The Kier molecular flexibility index (Phi) is 4.34. The molecule has 2 rings (SSSR count). The lowest BCUT2D eigenvalue weighted by molar-refractivity contribution is 0.0690. The number of pyridine rings is 1. The highest BCUT2D eigenvalue weighted by molar-refractivity contribution is 6.33. The summed E-state index contributed by atoms with van der Waals surface area (Å²) in [5, 5.41) is 13.4. The van der Waals surface area contributed by atoms with E-state index in [0.29, 0.717) is 0 Å². The van der Waals surface area contributed by atoms with Crippen molar-refractivity contribution in [2.24, 2.45) is 0 Å². The number of carbonyl (C=O) groups is 2. The number of hydrogen-bond acceptors (Lipinski definition) is 3. The number of anilines is 2. The molecule has 3 N–H and O–H groups in total. The third-order valence-electron chi connectivity index (χ3n) is 2.44. The van der Waals surface area contributed by atoms with Gasteiger partial charge in [0.2, 0.25) is 0 Å². The maximum Gasteiger partial charge on any atom is 0.354 e. The topological polar surface area (TPSA) is 91.3 Å². The van der Waals surface area contributed by atoms with Crippen LogP contribution in [0.25, 0.3) is 0 Å². The third-order valence-corrected chi connectivity index (χ3v) is 2.76. The fourth-order valence-corrected chi connectivity index (χ4v) is 1.70. The molecule has 0 unspecified atom stereocenters. The molecule has 8 heteroatoms. The summed E-state index contributed by atoms with van der Waals surface area (Å²) in [6, 6.07) is 5.86. The Morgan fingerprint density at radius 2 is 1.95 bits per heavy atom. The molecule has 0 aliphatic rings. The van der Waals surface area contributed by atoms with Gasteiger partial charge < -0.3 is 15.7 Å². The second-order valence-electron chi connectivity index (χ2n) is 3.91. The van der Waals surface area contributed by atoms with Gasteiger partial charge in [-0.15, -0.1) is 0 Å². The number of carbonyl (C=O) groups excluding carboxylic acids is 1. The van der Waals surface area contributed by atoms with Crippen molar-refractivity contribution in [1.82, 2.24) is 4.98 Å². The van der Waals surface area contributed by atoms with Gasteiger partial charge in [-0.25, -0.2) is 19.0 Å². The van der Waals surface area contributed by atoms with E-state index in [9.17, 15) is 14.0 Å². The zero-order chi connectivity index (χ0) is 15.4. The highest BCUT2D eigenvalue weighted by Gasteiger charge is 2.11. The summed E-state index contributed by atoms with van der Waals surface area (Å²) in [7, 11) is 0. The number of hydrogen-bond donors (Lipinski definition) is 3.